The molecule has 1 spiro atoms. The number of piperidine rings is 1. The number of carbonyl (C=O) groups is 4. The van der Waals surface area contributed by atoms with Crippen molar-refractivity contribution in [3.8, 4) is 0 Å². The molecule has 1 aromatic rings. The molecule has 0 bridgehead atoms. The van der Waals surface area contributed by atoms with Gasteiger partial charge in [-0.25, -0.2) is 0 Å². The molecule has 0 saturated carbocycles. The van der Waals surface area contributed by atoms with Crippen molar-refractivity contribution in [2.75, 3.05) is 31.1 Å². The zero-order chi connectivity index (χ0) is 18.8. The molecule has 4 heterocycles. The van der Waals surface area contributed by atoms with E-state index in [4.69, 9.17) is 0 Å². The zero-order valence-corrected chi connectivity index (χ0v) is 14.8. The Morgan fingerprint density at radius 3 is 2.52 bits per heavy atom. The average Bonchev–Trinajstić information content (AvgIpc) is 3.19. The lowest BCUT2D eigenvalue weighted by Crippen LogP contribution is -2.57. The van der Waals surface area contributed by atoms with Gasteiger partial charge in [-0.05, 0) is 37.6 Å². The monoisotopic (exact) mass is 368 g/mol. The molecule has 1 aromatic carbocycles. The summed E-state index contributed by atoms with van der Waals surface area (Å²) in [6.07, 6.45) is 1.46. The van der Waals surface area contributed by atoms with Gasteiger partial charge in [0.25, 0.3) is 11.8 Å². The normalized spacial score (nSPS) is 26.4. The Morgan fingerprint density at radius 1 is 1.04 bits per heavy atom. The molecule has 4 aliphatic rings. The second kappa shape index (κ2) is 5.63. The van der Waals surface area contributed by atoms with E-state index >= 15 is 0 Å². The van der Waals surface area contributed by atoms with E-state index in [1.165, 1.54) is 0 Å². The number of fused-ring (bicyclic) bond motifs is 1. The summed E-state index contributed by atoms with van der Waals surface area (Å²) in [6, 6.07) is 4.38. The molecule has 140 valence electrons. The molecule has 8 nitrogen and oxygen atoms in total. The third-order valence-electron chi connectivity index (χ3n) is 6.17. The number of hydrogen-bond donors (Lipinski definition) is 2. The first kappa shape index (κ1) is 16.4. The number of nitrogens with zero attached hydrogens (tertiary/aromatic N) is 2. The van der Waals surface area contributed by atoms with Crippen LogP contribution >= 0.6 is 0 Å². The number of amides is 4. The van der Waals surface area contributed by atoms with E-state index < -0.39 is 23.8 Å². The first-order chi connectivity index (χ1) is 13.0. The molecule has 3 fully saturated rings. The number of hydrogen-bond acceptors (Lipinski definition) is 6. The van der Waals surface area contributed by atoms with Crippen LogP contribution in [0.2, 0.25) is 0 Å². The average molecular weight is 368 g/mol. The minimum absolute atomic E-state index is 0.124. The minimum atomic E-state index is -0.921. The zero-order valence-electron chi connectivity index (χ0n) is 14.8. The van der Waals surface area contributed by atoms with Gasteiger partial charge >= 0.3 is 0 Å². The maximum atomic E-state index is 12.9. The first-order valence-corrected chi connectivity index (χ1v) is 9.29. The Hall–Kier alpha value is -2.74. The second-order valence-electron chi connectivity index (χ2n) is 7.96. The molecule has 3 saturated heterocycles. The molecule has 4 aliphatic heterocycles. The maximum absolute atomic E-state index is 12.9. The molecule has 4 amide bonds. The minimum Gasteiger partial charge on any atom is -0.370 e. The van der Waals surface area contributed by atoms with E-state index in [0.29, 0.717) is 16.5 Å². The number of imide groups is 2. The second-order valence-corrected chi connectivity index (χ2v) is 7.96. The van der Waals surface area contributed by atoms with Crippen LogP contribution in [0.4, 0.5) is 5.69 Å². The van der Waals surface area contributed by atoms with Crippen LogP contribution in [0.1, 0.15) is 40.0 Å². The van der Waals surface area contributed by atoms with E-state index in [0.717, 1.165) is 43.2 Å². The number of rotatable bonds is 2. The highest BCUT2D eigenvalue weighted by atomic mass is 16.2. The van der Waals surface area contributed by atoms with E-state index in [1.807, 2.05) is 6.07 Å². The third-order valence-corrected chi connectivity index (χ3v) is 6.17. The van der Waals surface area contributed by atoms with Crippen molar-refractivity contribution in [3.05, 3.63) is 29.3 Å². The van der Waals surface area contributed by atoms with Gasteiger partial charge in [-0.15, -0.1) is 0 Å². The predicted molar refractivity (Wildman–Crippen MR) is 95.2 cm³/mol. The standard InChI is InChI=1S/C19H20N4O4/c24-15-4-3-14(16(25)21-15)23-17(26)12-2-1-11(7-13(12)18(23)27)22-9-19(10-22)5-6-20-8-19/h1-2,7,14,20H,3-6,8-10H2,(H,21,24,25). The van der Waals surface area contributed by atoms with E-state index in [2.05, 4.69) is 15.5 Å². The fraction of sp³-hybridized carbons (Fsp3) is 0.474. The third kappa shape index (κ3) is 2.39. The van der Waals surface area contributed by atoms with Gasteiger partial charge in [0.15, 0.2) is 0 Å². The van der Waals surface area contributed by atoms with E-state index in [9.17, 15) is 19.2 Å². The Morgan fingerprint density at radius 2 is 1.81 bits per heavy atom. The van der Waals surface area contributed by atoms with Crippen LogP contribution in [-0.2, 0) is 9.59 Å². The smallest absolute Gasteiger partial charge is 0.262 e. The Labute approximate surface area is 155 Å². The van der Waals surface area contributed by atoms with Gasteiger partial charge in [-0.2, -0.15) is 0 Å². The van der Waals surface area contributed by atoms with Gasteiger partial charge in [0.1, 0.15) is 6.04 Å². The lowest BCUT2D eigenvalue weighted by Gasteiger charge is -2.49. The van der Waals surface area contributed by atoms with Crippen LogP contribution in [0.25, 0.3) is 0 Å². The van der Waals surface area contributed by atoms with E-state index in [-0.39, 0.29) is 18.7 Å². The highest BCUT2D eigenvalue weighted by Crippen LogP contribution is 2.40. The summed E-state index contributed by atoms with van der Waals surface area (Å²) in [5.41, 5.74) is 1.92. The van der Waals surface area contributed by atoms with Crippen LogP contribution in [0, 0.1) is 5.41 Å². The van der Waals surface area contributed by atoms with Crippen LogP contribution in [-0.4, -0.2) is 60.7 Å². The number of carbonyl (C=O) groups excluding carboxylic acids is 4. The molecule has 5 rings (SSSR count). The molecule has 8 heteroatoms. The van der Waals surface area contributed by atoms with Crippen molar-refractivity contribution >= 4 is 29.3 Å². The summed E-state index contributed by atoms with van der Waals surface area (Å²) in [5, 5.41) is 5.61. The summed E-state index contributed by atoms with van der Waals surface area (Å²) < 4.78 is 0. The van der Waals surface area contributed by atoms with Crippen LogP contribution in [0.15, 0.2) is 18.2 Å². The molecule has 0 radical (unpaired) electrons. The van der Waals surface area contributed by atoms with Crippen molar-refractivity contribution in [1.29, 1.82) is 0 Å². The SMILES string of the molecule is O=C1CCC(N2C(=O)c3ccc(N4CC5(CCNC5)C4)cc3C2=O)C(=O)N1. The van der Waals surface area contributed by atoms with Crippen molar-refractivity contribution in [1.82, 2.24) is 15.5 Å². The van der Waals surface area contributed by atoms with Crippen molar-refractivity contribution in [3.63, 3.8) is 0 Å². The first-order valence-electron chi connectivity index (χ1n) is 9.29. The Bertz CT molecular complexity index is 882. The fourth-order valence-electron chi connectivity index (χ4n) is 4.67. The van der Waals surface area contributed by atoms with Gasteiger partial charge < -0.3 is 10.2 Å². The van der Waals surface area contributed by atoms with Gasteiger partial charge in [0, 0.05) is 37.2 Å². The quantitative estimate of drug-likeness (QED) is 0.707. The molecule has 0 aromatic heterocycles. The highest BCUT2D eigenvalue weighted by Gasteiger charge is 2.47. The van der Waals surface area contributed by atoms with Crippen LogP contribution in [0.5, 0.6) is 0 Å². The van der Waals surface area contributed by atoms with Gasteiger partial charge in [0.05, 0.1) is 11.1 Å². The fourth-order valence-corrected chi connectivity index (χ4v) is 4.67. The predicted octanol–water partition coefficient (Wildman–Crippen LogP) is -0.112. The summed E-state index contributed by atoms with van der Waals surface area (Å²) >= 11 is 0. The molecule has 1 unspecified atom stereocenters. The van der Waals surface area contributed by atoms with E-state index in [1.54, 1.807) is 12.1 Å². The van der Waals surface area contributed by atoms with Crippen molar-refractivity contribution < 1.29 is 19.2 Å². The maximum Gasteiger partial charge on any atom is 0.262 e. The number of anilines is 1. The van der Waals surface area contributed by atoms with Gasteiger partial charge in [0.2, 0.25) is 11.8 Å². The van der Waals surface area contributed by atoms with Crippen molar-refractivity contribution in [2.24, 2.45) is 5.41 Å². The molecule has 27 heavy (non-hydrogen) atoms. The molecule has 2 N–H and O–H groups in total. The molecular formula is C19H20N4O4. The van der Waals surface area contributed by atoms with Gasteiger partial charge in [-0.1, -0.05) is 0 Å². The Balaban J connectivity index is 1.39. The Kier molecular flexibility index (Phi) is 3.42. The topological polar surface area (TPSA) is 98.8 Å². The lowest BCUT2D eigenvalue weighted by atomic mass is 9.78. The van der Waals surface area contributed by atoms with Crippen LogP contribution in [0.3, 0.4) is 0 Å². The summed E-state index contributed by atoms with van der Waals surface area (Å²) in [6.45, 7) is 3.95. The highest BCUT2D eigenvalue weighted by molar-refractivity contribution is 6.23. The lowest BCUT2D eigenvalue weighted by molar-refractivity contribution is -0.136. The summed E-state index contributed by atoms with van der Waals surface area (Å²) in [5.74, 6) is -1.87. The van der Waals surface area contributed by atoms with Gasteiger partial charge in [-0.3, -0.25) is 29.4 Å². The summed E-state index contributed by atoms with van der Waals surface area (Å²) in [4.78, 5) is 52.3. The molecular weight excluding hydrogens is 348 g/mol. The largest absolute Gasteiger partial charge is 0.370 e. The van der Waals surface area contributed by atoms with Crippen molar-refractivity contribution in [2.45, 2.75) is 25.3 Å². The summed E-state index contributed by atoms with van der Waals surface area (Å²) in [7, 11) is 0. The van der Waals surface area contributed by atoms with Crippen LogP contribution < -0.4 is 15.5 Å². The molecule has 1 atom stereocenters. The number of benzene rings is 1. The molecule has 0 aliphatic carbocycles. The number of nitrogens with one attached hydrogen (secondary N) is 2.